The van der Waals surface area contributed by atoms with Crippen molar-refractivity contribution >= 4 is 28.4 Å². The first-order valence-electron chi connectivity index (χ1n) is 8.84. The molecule has 1 aliphatic heterocycles. The standard InChI is InChI=1S/C20H22FN3O3S/c1-3-18-19(14-6-9-16(26-2)17(10-14)27-12-21)23-24(20(25)28-18)11-13-4-7-15(22)8-5-13/h4-10,18H,3,11-12,22H2,1-2H3. The highest BCUT2D eigenvalue weighted by Gasteiger charge is 2.30. The van der Waals surface area contributed by atoms with Crippen molar-refractivity contribution in [2.75, 3.05) is 19.7 Å². The van der Waals surface area contributed by atoms with E-state index in [9.17, 15) is 9.18 Å². The molecule has 1 unspecified atom stereocenters. The molecule has 6 nitrogen and oxygen atoms in total. The number of anilines is 1. The molecule has 1 aliphatic rings. The van der Waals surface area contributed by atoms with E-state index in [1.54, 1.807) is 24.3 Å². The molecule has 0 aliphatic carbocycles. The minimum Gasteiger partial charge on any atom is -0.493 e. The molecule has 2 N–H and O–H groups in total. The number of ether oxygens (including phenoxy) is 2. The molecule has 1 heterocycles. The van der Waals surface area contributed by atoms with Gasteiger partial charge in [-0.3, -0.25) is 4.79 Å². The van der Waals surface area contributed by atoms with Crippen molar-refractivity contribution in [2.45, 2.75) is 25.1 Å². The summed E-state index contributed by atoms with van der Waals surface area (Å²) in [4.78, 5) is 12.5. The molecule has 2 aromatic carbocycles. The number of nitrogens with zero attached hydrogens (tertiary/aromatic N) is 2. The van der Waals surface area contributed by atoms with Crippen LogP contribution in [0.15, 0.2) is 47.6 Å². The van der Waals surface area contributed by atoms with Gasteiger partial charge in [0.05, 0.1) is 24.6 Å². The molecule has 0 saturated heterocycles. The highest BCUT2D eigenvalue weighted by atomic mass is 32.2. The van der Waals surface area contributed by atoms with Gasteiger partial charge in [0.2, 0.25) is 6.86 Å². The largest absolute Gasteiger partial charge is 0.493 e. The van der Waals surface area contributed by atoms with Crippen LogP contribution in [-0.4, -0.2) is 35.2 Å². The van der Waals surface area contributed by atoms with Crippen LogP contribution in [-0.2, 0) is 6.54 Å². The molecule has 0 fully saturated rings. The van der Waals surface area contributed by atoms with Gasteiger partial charge < -0.3 is 15.2 Å². The van der Waals surface area contributed by atoms with Gasteiger partial charge in [0, 0.05) is 11.3 Å². The topological polar surface area (TPSA) is 77.2 Å². The number of alkyl halides is 1. The predicted molar refractivity (Wildman–Crippen MR) is 110 cm³/mol. The first-order valence-corrected chi connectivity index (χ1v) is 9.72. The quantitative estimate of drug-likeness (QED) is 0.692. The normalized spacial score (nSPS) is 16.7. The van der Waals surface area contributed by atoms with E-state index >= 15 is 0 Å². The number of carbonyl (C=O) groups is 1. The lowest BCUT2D eigenvalue weighted by Crippen LogP contribution is -2.34. The van der Waals surface area contributed by atoms with Crippen molar-refractivity contribution in [1.82, 2.24) is 5.01 Å². The fraction of sp³-hybridized carbons (Fsp3) is 0.300. The second kappa shape index (κ2) is 8.97. The van der Waals surface area contributed by atoms with E-state index in [1.807, 2.05) is 25.1 Å². The number of hydrogen-bond donors (Lipinski definition) is 1. The maximum Gasteiger partial charge on any atom is 0.302 e. The minimum atomic E-state index is -0.958. The Labute approximate surface area is 167 Å². The van der Waals surface area contributed by atoms with Gasteiger partial charge in [-0.05, 0) is 42.3 Å². The highest BCUT2D eigenvalue weighted by molar-refractivity contribution is 8.14. The minimum absolute atomic E-state index is 0.0956. The zero-order valence-corrected chi connectivity index (χ0v) is 16.5. The Kier molecular flexibility index (Phi) is 6.41. The molecule has 0 spiro atoms. The van der Waals surface area contributed by atoms with Crippen LogP contribution >= 0.6 is 11.8 Å². The molecule has 1 atom stereocenters. The zero-order chi connectivity index (χ0) is 20.1. The summed E-state index contributed by atoms with van der Waals surface area (Å²) in [5, 5.41) is 5.85. The molecule has 3 rings (SSSR count). The monoisotopic (exact) mass is 403 g/mol. The SMILES string of the molecule is CCC1SC(=O)N(Cc2ccc(N)cc2)N=C1c1ccc(OC)c(OCF)c1. The van der Waals surface area contributed by atoms with E-state index in [2.05, 4.69) is 5.10 Å². The van der Waals surface area contributed by atoms with Crippen molar-refractivity contribution in [1.29, 1.82) is 0 Å². The Hall–Kier alpha value is -2.74. The van der Waals surface area contributed by atoms with Crippen LogP contribution in [0, 0.1) is 0 Å². The summed E-state index contributed by atoms with van der Waals surface area (Å²) < 4.78 is 23.0. The summed E-state index contributed by atoms with van der Waals surface area (Å²) >= 11 is 1.23. The number of carbonyl (C=O) groups excluding carboxylic acids is 1. The molecular formula is C20H22FN3O3S. The average molecular weight is 403 g/mol. The van der Waals surface area contributed by atoms with E-state index in [4.69, 9.17) is 15.2 Å². The van der Waals surface area contributed by atoms with Gasteiger partial charge in [-0.25, -0.2) is 9.40 Å². The molecule has 148 valence electrons. The molecule has 0 aromatic heterocycles. The second-order valence-electron chi connectivity index (χ2n) is 6.18. The van der Waals surface area contributed by atoms with Crippen molar-refractivity contribution < 1.29 is 18.7 Å². The van der Waals surface area contributed by atoms with Gasteiger partial charge in [-0.15, -0.1) is 0 Å². The Bertz CT molecular complexity index is 873. The zero-order valence-electron chi connectivity index (χ0n) is 15.7. The smallest absolute Gasteiger partial charge is 0.302 e. The van der Waals surface area contributed by atoms with Gasteiger partial charge in [-0.1, -0.05) is 30.8 Å². The predicted octanol–water partition coefficient (Wildman–Crippen LogP) is 4.43. The fourth-order valence-corrected chi connectivity index (χ4v) is 3.83. The van der Waals surface area contributed by atoms with Gasteiger partial charge in [0.15, 0.2) is 11.5 Å². The van der Waals surface area contributed by atoms with Crippen LogP contribution in [0.1, 0.15) is 24.5 Å². The average Bonchev–Trinajstić information content (AvgIpc) is 2.71. The van der Waals surface area contributed by atoms with Crippen LogP contribution in [0.3, 0.4) is 0 Å². The number of thioether (sulfide) groups is 1. The van der Waals surface area contributed by atoms with Crippen molar-refractivity contribution in [3.8, 4) is 11.5 Å². The molecule has 28 heavy (non-hydrogen) atoms. The molecule has 0 saturated carbocycles. The third-order valence-corrected chi connectivity index (χ3v) is 5.59. The lowest BCUT2D eigenvalue weighted by atomic mass is 10.0. The lowest BCUT2D eigenvalue weighted by molar-refractivity contribution is 0.184. The number of hydrazone groups is 1. The number of benzene rings is 2. The first-order chi connectivity index (χ1) is 13.5. The van der Waals surface area contributed by atoms with Gasteiger partial charge >= 0.3 is 5.24 Å². The summed E-state index contributed by atoms with van der Waals surface area (Å²) in [5.74, 6) is 0.736. The van der Waals surface area contributed by atoms with Crippen LogP contribution in [0.25, 0.3) is 0 Å². The highest BCUT2D eigenvalue weighted by Crippen LogP contribution is 2.33. The summed E-state index contributed by atoms with van der Waals surface area (Å²) in [6, 6.07) is 12.6. The molecule has 8 heteroatoms. The Morgan fingerprint density at radius 3 is 2.61 bits per heavy atom. The molecule has 0 radical (unpaired) electrons. The van der Waals surface area contributed by atoms with Crippen LogP contribution in [0.2, 0.25) is 0 Å². The molecular weight excluding hydrogens is 381 g/mol. The van der Waals surface area contributed by atoms with Gasteiger partial charge in [-0.2, -0.15) is 5.10 Å². The number of nitrogen functional groups attached to an aromatic ring is 1. The van der Waals surface area contributed by atoms with Crippen molar-refractivity contribution in [2.24, 2.45) is 5.10 Å². The van der Waals surface area contributed by atoms with Crippen LogP contribution in [0.4, 0.5) is 14.9 Å². The van der Waals surface area contributed by atoms with E-state index in [0.29, 0.717) is 23.7 Å². The lowest BCUT2D eigenvalue weighted by Gasteiger charge is -2.28. The second-order valence-corrected chi connectivity index (χ2v) is 7.34. The van der Waals surface area contributed by atoms with Crippen molar-refractivity contribution in [3.63, 3.8) is 0 Å². The summed E-state index contributed by atoms with van der Waals surface area (Å²) in [7, 11) is 1.50. The third-order valence-electron chi connectivity index (χ3n) is 4.34. The fourth-order valence-electron chi connectivity index (χ4n) is 2.90. The number of nitrogens with two attached hydrogens (primary N) is 1. The van der Waals surface area contributed by atoms with Gasteiger partial charge in [0.25, 0.3) is 0 Å². The van der Waals surface area contributed by atoms with Gasteiger partial charge in [0.1, 0.15) is 0 Å². The summed E-state index contributed by atoms with van der Waals surface area (Å²) in [6.07, 6.45) is 0.732. The molecule has 0 bridgehead atoms. The summed E-state index contributed by atoms with van der Waals surface area (Å²) in [5.41, 5.74) is 8.82. The Morgan fingerprint density at radius 1 is 1.21 bits per heavy atom. The van der Waals surface area contributed by atoms with Crippen LogP contribution < -0.4 is 15.2 Å². The number of amides is 1. The maximum absolute atomic E-state index is 12.7. The van der Waals surface area contributed by atoms with E-state index < -0.39 is 6.86 Å². The van der Waals surface area contributed by atoms with Crippen molar-refractivity contribution in [3.05, 3.63) is 53.6 Å². The van der Waals surface area contributed by atoms with E-state index in [1.165, 1.54) is 23.9 Å². The van der Waals surface area contributed by atoms with Crippen LogP contribution in [0.5, 0.6) is 11.5 Å². The molecule has 1 amide bonds. The number of rotatable bonds is 7. The number of methoxy groups -OCH3 is 1. The number of hydrogen-bond acceptors (Lipinski definition) is 6. The molecule has 2 aromatic rings. The summed E-state index contributed by atoms with van der Waals surface area (Å²) in [6.45, 7) is 1.38. The van der Waals surface area contributed by atoms with E-state index in [0.717, 1.165) is 23.3 Å². The Balaban J connectivity index is 1.95. The maximum atomic E-state index is 12.7. The Morgan fingerprint density at radius 2 is 1.96 bits per heavy atom. The first kappa shape index (κ1) is 20.0. The number of halogens is 1. The third kappa shape index (κ3) is 4.39. The van der Waals surface area contributed by atoms with E-state index in [-0.39, 0.29) is 10.5 Å².